The van der Waals surface area contributed by atoms with Gasteiger partial charge in [-0.15, -0.1) is 0 Å². The van der Waals surface area contributed by atoms with Crippen molar-refractivity contribution in [2.24, 2.45) is 0 Å². The molecule has 4 nitrogen and oxygen atoms in total. The Hall–Kier alpha value is -1.93. The monoisotopic (exact) mass is 339 g/mol. The fraction of sp³-hybridized carbons (Fsp3) is 0. The average molecular weight is 341 g/mol. The Morgan fingerprint density at radius 1 is 1.10 bits per heavy atom. The normalized spacial score (nSPS) is 9.81. The highest BCUT2D eigenvalue weighted by Crippen LogP contribution is 2.33. The number of amides is 1. The molecule has 0 aliphatic rings. The van der Waals surface area contributed by atoms with Crippen LogP contribution in [0.15, 0.2) is 36.4 Å². The molecule has 2 N–H and O–H groups in total. The van der Waals surface area contributed by atoms with Gasteiger partial charge in [0.2, 0.25) is 0 Å². The van der Waals surface area contributed by atoms with Gasteiger partial charge in [0, 0.05) is 10.6 Å². The van der Waals surface area contributed by atoms with E-state index in [4.69, 9.17) is 40.1 Å². The highest BCUT2D eigenvalue weighted by Gasteiger charge is 2.10. The van der Waals surface area contributed by atoms with Crippen LogP contribution in [-0.4, -0.2) is 5.91 Å². The Balaban J connectivity index is 2.13. The topological polar surface area (TPSA) is 64.9 Å². The van der Waals surface area contributed by atoms with E-state index in [9.17, 15) is 4.79 Å². The maximum atomic E-state index is 12.0. The first-order valence-electron chi connectivity index (χ1n) is 5.72. The molecule has 0 aliphatic carbocycles. The lowest BCUT2D eigenvalue weighted by Crippen LogP contribution is -2.29. The zero-order valence-electron chi connectivity index (χ0n) is 10.5. The number of carbonyl (C=O) groups is 1. The van der Waals surface area contributed by atoms with Crippen LogP contribution in [-0.2, 0) is 0 Å². The minimum absolute atomic E-state index is 0.276. The number of halogens is 3. The summed E-state index contributed by atoms with van der Waals surface area (Å²) in [4.78, 5) is 12.0. The minimum atomic E-state index is -0.422. The van der Waals surface area contributed by atoms with Gasteiger partial charge in [0.05, 0.1) is 27.4 Å². The fourth-order valence-electron chi connectivity index (χ4n) is 1.58. The van der Waals surface area contributed by atoms with E-state index in [1.807, 2.05) is 6.07 Å². The number of rotatable bonds is 3. The van der Waals surface area contributed by atoms with Crippen molar-refractivity contribution in [3.63, 3.8) is 0 Å². The SMILES string of the molecule is N#Cc1cccc(C(=O)NNc2c(Cl)cc(Cl)cc2Cl)c1. The van der Waals surface area contributed by atoms with Gasteiger partial charge in [-0.05, 0) is 30.3 Å². The summed E-state index contributed by atoms with van der Waals surface area (Å²) in [5.74, 6) is -0.422. The van der Waals surface area contributed by atoms with E-state index in [0.717, 1.165) is 0 Å². The van der Waals surface area contributed by atoms with Gasteiger partial charge in [-0.2, -0.15) is 5.26 Å². The second-order valence-corrected chi connectivity index (χ2v) is 5.27. The van der Waals surface area contributed by atoms with Crippen LogP contribution in [0.5, 0.6) is 0 Å². The van der Waals surface area contributed by atoms with Crippen molar-refractivity contribution < 1.29 is 4.79 Å². The Labute approximate surface area is 136 Å². The Morgan fingerprint density at radius 3 is 2.38 bits per heavy atom. The molecule has 2 aromatic carbocycles. The molecule has 106 valence electrons. The van der Waals surface area contributed by atoms with Gasteiger partial charge >= 0.3 is 0 Å². The molecule has 0 heterocycles. The predicted octanol–water partition coefficient (Wildman–Crippen LogP) is 4.28. The van der Waals surface area contributed by atoms with Crippen molar-refractivity contribution in [3.05, 3.63) is 62.6 Å². The summed E-state index contributed by atoms with van der Waals surface area (Å²) in [5, 5.41) is 9.75. The van der Waals surface area contributed by atoms with E-state index in [1.54, 1.807) is 18.2 Å². The quantitative estimate of drug-likeness (QED) is 0.820. The molecule has 0 bridgehead atoms. The Kier molecular flexibility index (Phi) is 4.92. The van der Waals surface area contributed by atoms with Crippen LogP contribution in [0.1, 0.15) is 15.9 Å². The number of carbonyl (C=O) groups excluding carboxylic acids is 1. The largest absolute Gasteiger partial charge is 0.295 e. The van der Waals surface area contributed by atoms with Crippen molar-refractivity contribution in [1.29, 1.82) is 5.26 Å². The molecule has 21 heavy (non-hydrogen) atoms. The summed E-state index contributed by atoms with van der Waals surface area (Å²) in [6.07, 6.45) is 0. The molecular weight excluding hydrogens is 333 g/mol. The highest BCUT2D eigenvalue weighted by atomic mass is 35.5. The van der Waals surface area contributed by atoms with E-state index in [0.29, 0.717) is 21.8 Å². The third kappa shape index (κ3) is 3.79. The number of nitrogens with zero attached hydrogens (tertiary/aromatic N) is 1. The maximum absolute atomic E-state index is 12.0. The van der Waals surface area contributed by atoms with Crippen molar-refractivity contribution in [2.45, 2.75) is 0 Å². The Bertz CT molecular complexity index is 717. The summed E-state index contributed by atoms with van der Waals surface area (Å²) in [6, 6.07) is 11.3. The molecule has 0 aromatic heterocycles. The zero-order valence-corrected chi connectivity index (χ0v) is 12.7. The number of hydrogen-bond acceptors (Lipinski definition) is 3. The summed E-state index contributed by atoms with van der Waals surface area (Å²) < 4.78 is 0. The van der Waals surface area contributed by atoms with Crippen molar-refractivity contribution >= 4 is 46.4 Å². The number of benzene rings is 2. The number of hydrogen-bond donors (Lipinski definition) is 2. The van der Waals surface area contributed by atoms with Crippen LogP contribution in [0.3, 0.4) is 0 Å². The highest BCUT2D eigenvalue weighted by molar-refractivity contribution is 6.41. The third-order valence-electron chi connectivity index (χ3n) is 2.56. The van der Waals surface area contributed by atoms with Gasteiger partial charge in [0.25, 0.3) is 5.91 Å². The van der Waals surface area contributed by atoms with Gasteiger partial charge in [-0.1, -0.05) is 40.9 Å². The van der Waals surface area contributed by atoms with E-state index in [-0.39, 0.29) is 10.0 Å². The standard InChI is InChI=1S/C14H8Cl3N3O/c15-10-5-11(16)13(12(17)6-10)19-20-14(21)9-3-1-2-8(4-9)7-18/h1-6,19H,(H,20,21). The first-order valence-corrected chi connectivity index (χ1v) is 6.85. The second-order valence-electron chi connectivity index (χ2n) is 4.02. The lowest BCUT2D eigenvalue weighted by atomic mass is 10.1. The van der Waals surface area contributed by atoms with Gasteiger partial charge < -0.3 is 0 Å². The zero-order chi connectivity index (χ0) is 15.4. The molecule has 2 rings (SSSR count). The molecule has 0 radical (unpaired) electrons. The molecule has 0 aliphatic heterocycles. The van der Waals surface area contributed by atoms with Crippen LogP contribution in [0.25, 0.3) is 0 Å². The third-order valence-corrected chi connectivity index (χ3v) is 3.38. The molecule has 0 spiro atoms. The summed E-state index contributed by atoms with van der Waals surface area (Å²) in [6.45, 7) is 0. The summed E-state index contributed by atoms with van der Waals surface area (Å²) in [7, 11) is 0. The molecule has 0 fully saturated rings. The van der Waals surface area contributed by atoms with Gasteiger partial charge in [0.1, 0.15) is 0 Å². The average Bonchev–Trinajstić information content (AvgIpc) is 2.46. The van der Waals surface area contributed by atoms with E-state index >= 15 is 0 Å². The van der Waals surface area contributed by atoms with Crippen molar-refractivity contribution in [3.8, 4) is 6.07 Å². The first kappa shape index (κ1) is 15.5. The molecule has 0 atom stereocenters. The van der Waals surface area contributed by atoms with Crippen LogP contribution in [0.2, 0.25) is 15.1 Å². The lowest BCUT2D eigenvalue weighted by molar-refractivity contribution is 0.0962. The second kappa shape index (κ2) is 6.68. The molecule has 1 amide bonds. The minimum Gasteiger partial charge on any atom is -0.295 e. The van der Waals surface area contributed by atoms with Crippen LogP contribution >= 0.6 is 34.8 Å². The fourth-order valence-corrected chi connectivity index (χ4v) is 2.49. The van der Waals surface area contributed by atoms with Gasteiger partial charge in [0.15, 0.2) is 0 Å². The first-order chi connectivity index (χ1) is 10.0. The maximum Gasteiger partial charge on any atom is 0.269 e. The summed E-state index contributed by atoms with van der Waals surface area (Å²) in [5.41, 5.74) is 6.17. The van der Waals surface area contributed by atoms with Crippen LogP contribution < -0.4 is 10.9 Å². The van der Waals surface area contributed by atoms with Gasteiger partial charge in [-0.3, -0.25) is 15.6 Å². The molecule has 2 aromatic rings. The molecular formula is C14H8Cl3N3O. The lowest BCUT2D eigenvalue weighted by Gasteiger charge is -2.12. The van der Waals surface area contributed by atoms with E-state index in [1.165, 1.54) is 18.2 Å². The van der Waals surface area contributed by atoms with Crippen molar-refractivity contribution in [1.82, 2.24) is 5.43 Å². The van der Waals surface area contributed by atoms with Crippen LogP contribution in [0.4, 0.5) is 5.69 Å². The van der Waals surface area contributed by atoms with Crippen LogP contribution in [0, 0.1) is 11.3 Å². The molecule has 0 saturated carbocycles. The number of hydrazine groups is 1. The smallest absolute Gasteiger partial charge is 0.269 e. The summed E-state index contributed by atoms with van der Waals surface area (Å²) >= 11 is 17.8. The van der Waals surface area contributed by atoms with Crippen molar-refractivity contribution in [2.75, 3.05) is 5.43 Å². The molecule has 7 heteroatoms. The predicted molar refractivity (Wildman–Crippen MR) is 83.7 cm³/mol. The van der Waals surface area contributed by atoms with E-state index < -0.39 is 5.91 Å². The van der Waals surface area contributed by atoms with E-state index in [2.05, 4.69) is 10.9 Å². The molecule has 0 unspecified atom stereocenters. The number of nitrogens with one attached hydrogen (secondary N) is 2. The Morgan fingerprint density at radius 2 is 1.76 bits per heavy atom. The number of anilines is 1. The molecule has 0 saturated heterocycles. The number of nitriles is 1. The van der Waals surface area contributed by atoms with Gasteiger partial charge in [-0.25, -0.2) is 0 Å².